The monoisotopic (exact) mass is 400 g/mol. The van der Waals surface area contributed by atoms with Gasteiger partial charge in [0.15, 0.2) is 29.5 Å². The van der Waals surface area contributed by atoms with E-state index in [4.69, 9.17) is 0 Å². The van der Waals surface area contributed by atoms with Crippen LogP contribution in [0, 0.1) is 0 Å². The minimum Gasteiger partial charge on any atom is -0.229 e. The van der Waals surface area contributed by atoms with Crippen LogP contribution in [0.2, 0.25) is 0 Å². The number of hydrogen-bond donors (Lipinski definition) is 0. The van der Waals surface area contributed by atoms with Crippen LogP contribution in [0.15, 0.2) is 70.5 Å². The zero-order valence-electron chi connectivity index (χ0n) is 13.0. The van der Waals surface area contributed by atoms with Crippen molar-refractivity contribution in [3.8, 4) is 0 Å². The van der Waals surface area contributed by atoms with Gasteiger partial charge in [0, 0.05) is 0 Å². The Labute approximate surface area is 147 Å². The Morgan fingerprint density at radius 1 is 0.640 bits per heavy atom. The molecule has 1 aliphatic rings. The smallest absolute Gasteiger partial charge is 0.183 e. The predicted octanol–water partition coefficient (Wildman–Crippen LogP) is 1.10. The van der Waals surface area contributed by atoms with Crippen molar-refractivity contribution in [1.29, 1.82) is 0 Å². The van der Waals surface area contributed by atoms with Crippen molar-refractivity contribution in [2.45, 2.75) is 20.3 Å². The molecule has 134 valence electrons. The molecule has 1 fully saturated rings. The standard InChI is InChI=1S/C16H16O6S3/c17-23(18)11-15(24(19,20)13-7-3-1-4-8-13)16(12-23)25(21,22)14-9-5-2-6-10-14/h1-10,15-16H,11-12H2/t15-,16-/m1/s1. The maximum atomic E-state index is 12.9. The molecule has 1 aliphatic heterocycles. The highest BCUT2D eigenvalue weighted by Gasteiger charge is 2.52. The maximum Gasteiger partial charge on any atom is 0.183 e. The summed E-state index contributed by atoms with van der Waals surface area (Å²) in [6.45, 7) is 0. The van der Waals surface area contributed by atoms with E-state index in [1.807, 2.05) is 0 Å². The maximum absolute atomic E-state index is 12.9. The lowest BCUT2D eigenvalue weighted by molar-refractivity contribution is 0.567. The summed E-state index contributed by atoms with van der Waals surface area (Å²) in [5.41, 5.74) is 0. The molecule has 3 rings (SSSR count). The second-order valence-electron chi connectivity index (χ2n) is 5.87. The molecule has 0 unspecified atom stereocenters. The average molecular weight is 400 g/mol. The molecule has 25 heavy (non-hydrogen) atoms. The van der Waals surface area contributed by atoms with Gasteiger partial charge in [0.1, 0.15) is 0 Å². The average Bonchev–Trinajstić information content (AvgIpc) is 2.94. The Kier molecular flexibility index (Phi) is 4.50. The van der Waals surface area contributed by atoms with Crippen molar-refractivity contribution in [3.05, 3.63) is 60.7 Å². The van der Waals surface area contributed by atoms with E-state index in [1.54, 1.807) is 12.1 Å². The summed E-state index contributed by atoms with van der Waals surface area (Å²) in [5, 5.41) is -3.05. The van der Waals surface area contributed by atoms with Crippen molar-refractivity contribution in [2.75, 3.05) is 11.5 Å². The van der Waals surface area contributed by atoms with Crippen molar-refractivity contribution in [2.24, 2.45) is 0 Å². The van der Waals surface area contributed by atoms with Crippen LogP contribution in [0.5, 0.6) is 0 Å². The summed E-state index contributed by atoms with van der Waals surface area (Å²) in [6.07, 6.45) is 0. The fourth-order valence-corrected chi connectivity index (χ4v) is 11.1. The normalized spacial score (nSPS) is 23.4. The highest BCUT2D eigenvalue weighted by Crippen LogP contribution is 2.32. The van der Waals surface area contributed by atoms with E-state index in [1.165, 1.54) is 48.5 Å². The van der Waals surface area contributed by atoms with Gasteiger partial charge in [-0.3, -0.25) is 0 Å². The summed E-state index contributed by atoms with van der Waals surface area (Å²) in [5.74, 6) is -1.39. The molecule has 2 atom stereocenters. The zero-order valence-corrected chi connectivity index (χ0v) is 15.5. The van der Waals surface area contributed by atoms with Gasteiger partial charge in [-0.25, -0.2) is 25.3 Å². The van der Waals surface area contributed by atoms with Gasteiger partial charge in [-0.2, -0.15) is 0 Å². The molecule has 2 aromatic carbocycles. The van der Waals surface area contributed by atoms with Crippen LogP contribution in [0.4, 0.5) is 0 Å². The summed E-state index contributed by atoms with van der Waals surface area (Å²) in [4.78, 5) is -0.157. The highest BCUT2D eigenvalue weighted by molar-refractivity contribution is 8.00. The first-order chi connectivity index (χ1) is 11.6. The highest BCUT2D eigenvalue weighted by atomic mass is 32.2. The van der Waals surface area contributed by atoms with Crippen molar-refractivity contribution < 1.29 is 25.3 Å². The molecule has 0 aromatic heterocycles. The molecule has 1 saturated heterocycles. The molecule has 0 bridgehead atoms. The molecule has 0 saturated carbocycles. The lowest BCUT2D eigenvalue weighted by Gasteiger charge is -2.19. The largest absolute Gasteiger partial charge is 0.229 e. The first-order valence-corrected chi connectivity index (χ1v) is 12.3. The number of hydrogen-bond acceptors (Lipinski definition) is 6. The van der Waals surface area contributed by atoms with E-state index >= 15 is 0 Å². The number of rotatable bonds is 4. The van der Waals surface area contributed by atoms with E-state index in [9.17, 15) is 25.3 Å². The fraction of sp³-hybridized carbons (Fsp3) is 0.250. The summed E-state index contributed by atoms with van der Waals surface area (Å²) >= 11 is 0. The van der Waals surface area contributed by atoms with Gasteiger partial charge >= 0.3 is 0 Å². The second-order valence-corrected chi connectivity index (χ2v) is 12.4. The van der Waals surface area contributed by atoms with Crippen molar-refractivity contribution in [1.82, 2.24) is 0 Å². The minimum absolute atomic E-state index is 0.0784. The Bertz CT molecular complexity index is 990. The molecule has 0 N–H and O–H groups in total. The van der Waals surface area contributed by atoms with Crippen LogP contribution < -0.4 is 0 Å². The fourth-order valence-electron chi connectivity index (χ4n) is 2.93. The molecular formula is C16H16O6S3. The van der Waals surface area contributed by atoms with Crippen LogP contribution >= 0.6 is 0 Å². The van der Waals surface area contributed by atoms with Crippen molar-refractivity contribution in [3.63, 3.8) is 0 Å². The summed E-state index contributed by atoms with van der Waals surface area (Å²) in [7, 11) is -12.0. The molecular weight excluding hydrogens is 384 g/mol. The first-order valence-electron chi connectivity index (χ1n) is 7.43. The quantitative estimate of drug-likeness (QED) is 0.761. The van der Waals surface area contributed by atoms with Gasteiger partial charge in [0.05, 0.1) is 31.8 Å². The van der Waals surface area contributed by atoms with Crippen LogP contribution in [0.3, 0.4) is 0 Å². The SMILES string of the molecule is O=S1(=O)C[C@@H](S(=O)(=O)c2ccccc2)[C@H](S(=O)(=O)c2ccccc2)C1. The summed E-state index contributed by atoms with van der Waals surface area (Å²) in [6, 6.07) is 14.7. The third-order valence-electron chi connectivity index (χ3n) is 4.19. The lowest BCUT2D eigenvalue weighted by atomic mass is 10.3. The molecule has 0 radical (unpaired) electrons. The van der Waals surface area contributed by atoms with Crippen LogP contribution in [-0.4, -0.2) is 47.3 Å². The molecule has 0 spiro atoms. The van der Waals surface area contributed by atoms with Gasteiger partial charge in [-0.1, -0.05) is 36.4 Å². The second kappa shape index (κ2) is 6.22. The lowest BCUT2D eigenvalue weighted by Crippen LogP contribution is -2.38. The van der Waals surface area contributed by atoms with Crippen LogP contribution in [0.25, 0.3) is 0 Å². The Hall–Kier alpha value is -1.71. The first kappa shape index (κ1) is 18.1. The molecule has 9 heteroatoms. The summed E-state index contributed by atoms with van der Waals surface area (Å²) < 4.78 is 75.7. The molecule has 6 nitrogen and oxygen atoms in total. The minimum atomic E-state index is -4.11. The Morgan fingerprint density at radius 2 is 0.960 bits per heavy atom. The van der Waals surface area contributed by atoms with E-state index < -0.39 is 51.5 Å². The van der Waals surface area contributed by atoms with Gasteiger partial charge < -0.3 is 0 Å². The van der Waals surface area contributed by atoms with Gasteiger partial charge in [0.2, 0.25) is 0 Å². The number of sulfone groups is 3. The molecule has 0 aliphatic carbocycles. The van der Waals surface area contributed by atoms with Crippen molar-refractivity contribution >= 4 is 29.5 Å². The predicted molar refractivity (Wildman–Crippen MR) is 93.5 cm³/mol. The number of benzene rings is 2. The zero-order chi connectivity index (χ0) is 18.3. The van der Waals surface area contributed by atoms with E-state index in [0.717, 1.165) is 0 Å². The van der Waals surface area contributed by atoms with E-state index in [0.29, 0.717) is 0 Å². The Morgan fingerprint density at radius 3 is 1.28 bits per heavy atom. The molecule has 1 heterocycles. The van der Waals surface area contributed by atoms with Crippen LogP contribution in [-0.2, 0) is 29.5 Å². The third-order valence-corrected chi connectivity index (χ3v) is 11.0. The molecule has 0 amide bonds. The molecule has 2 aromatic rings. The van der Waals surface area contributed by atoms with Gasteiger partial charge in [-0.15, -0.1) is 0 Å². The topological polar surface area (TPSA) is 102 Å². The van der Waals surface area contributed by atoms with Crippen LogP contribution in [0.1, 0.15) is 0 Å². The Balaban J connectivity index is 2.13. The van der Waals surface area contributed by atoms with Gasteiger partial charge in [-0.05, 0) is 24.3 Å². The third kappa shape index (κ3) is 3.36. The van der Waals surface area contributed by atoms with Gasteiger partial charge in [0.25, 0.3) is 0 Å². The van der Waals surface area contributed by atoms with E-state index in [-0.39, 0.29) is 9.79 Å². The van der Waals surface area contributed by atoms with E-state index in [2.05, 4.69) is 0 Å².